The summed E-state index contributed by atoms with van der Waals surface area (Å²) < 4.78 is 28.6. The Hall–Kier alpha value is -1.07. The van der Waals surface area contributed by atoms with Gasteiger partial charge in [0.25, 0.3) is 0 Å². The van der Waals surface area contributed by atoms with Crippen LogP contribution in [0.25, 0.3) is 0 Å². The quantitative estimate of drug-likeness (QED) is 0.925. The zero-order valence-corrected chi connectivity index (χ0v) is 13.2. The minimum atomic E-state index is -2.89. The lowest BCUT2D eigenvalue weighted by Crippen LogP contribution is -2.35. The Morgan fingerprint density at radius 2 is 2.10 bits per heavy atom. The topological polar surface area (TPSA) is 55.4 Å². The van der Waals surface area contributed by atoms with Crippen molar-refractivity contribution < 1.29 is 13.2 Å². The van der Waals surface area contributed by atoms with Gasteiger partial charge in [0.1, 0.15) is 11.9 Å². The normalized spacial score (nSPS) is 21.9. The van der Waals surface area contributed by atoms with Gasteiger partial charge in [-0.3, -0.25) is 0 Å². The molecule has 1 aromatic carbocycles. The molecule has 1 atom stereocenters. The number of benzene rings is 1. The Morgan fingerprint density at radius 3 is 2.70 bits per heavy atom. The molecular weight excluding hydrogens is 274 g/mol. The van der Waals surface area contributed by atoms with Crippen molar-refractivity contribution in [2.45, 2.75) is 45.4 Å². The first-order chi connectivity index (χ1) is 9.23. The number of hydrogen-bond acceptors (Lipinski definition) is 4. The maximum absolute atomic E-state index is 11.4. The van der Waals surface area contributed by atoms with E-state index in [9.17, 15) is 8.42 Å². The van der Waals surface area contributed by atoms with Crippen LogP contribution in [0.5, 0.6) is 5.75 Å². The summed E-state index contributed by atoms with van der Waals surface area (Å²) in [4.78, 5) is 0. The fourth-order valence-corrected chi connectivity index (χ4v) is 3.73. The lowest BCUT2D eigenvalue weighted by Gasteiger charge is -2.21. The molecule has 20 heavy (non-hydrogen) atoms. The summed E-state index contributed by atoms with van der Waals surface area (Å²) in [6.07, 6.45) is 0.387. The monoisotopic (exact) mass is 297 g/mol. The highest BCUT2D eigenvalue weighted by Gasteiger charge is 2.29. The van der Waals surface area contributed by atoms with Gasteiger partial charge >= 0.3 is 0 Å². The third kappa shape index (κ3) is 4.80. The second-order valence-corrected chi connectivity index (χ2v) is 8.62. The molecule has 2 rings (SSSR count). The summed E-state index contributed by atoms with van der Waals surface area (Å²) in [5, 5.41) is 3.42. The average Bonchev–Trinajstić information content (AvgIpc) is 2.66. The summed E-state index contributed by atoms with van der Waals surface area (Å²) in [5.74, 6) is 1.13. The molecule has 1 fully saturated rings. The van der Waals surface area contributed by atoms with Gasteiger partial charge in [0.2, 0.25) is 0 Å². The first-order valence-corrected chi connectivity index (χ1v) is 8.77. The molecule has 1 aliphatic rings. The van der Waals surface area contributed by atoms with Crippen LogP contribution in [0.1, 0.15) is 32.8 Å². The number of ether oxygens (including phenoxy) is 1. The van der Waals surface area contributed by atoms with Crippen LogP contribution >= 0.6 is 0 Å². The van der Waals surface area contributed by atoms with E-state index in [0.29, 0.717) is 6.42 Å². The van der Waals surface area contributed by atoms with Crippen LogP contribution in [0.2, 0.25) is 0 Å². The predicted molar refractivity (Wildman–Crippen MR) is 80.7 cm³/mol. The lowest BCUT2D eigenvalue weighted by atomic mass is 10.1. The molecule has 1 N–H and O–H groups in total. The van der Waals surface area contributed by atoms with Gasteiger partial charge in [-0.1, -0.05) is 12.1 Å². The fourth-order valence-electron chi connectivity index (χ4n) is 2.14. The van der Waals surface area contributed by atoms with Crippen molar-refractivity contribution in [2.75, 3.05) is 11.5 Å². The van der Waals surface area contributed by atoms with Crippen molar-refractivity contribution >= 4 is 9.84 Å². The van der Waals surface area contributed by atoms with Gasteiger partial charge in [0.15, 0.2) is 9.84 Å². The SMILES string of the molecule is CC(C)(C)NCc1cccc(OC2CCS(=O)(=O)C2)c1. The zero-order chi connectivity index (χ0) is 14.8. The van der Waals surface area contributed by atoms with E-state index in [0.717, 1.165) is 17.9 Å². The summed E-state index contributed by atoms with van der Waals surface area (Å²) in [6, 6.07) is 7.84. The molecule has 1 saturated heterocycles. The molecular formula is C15H23NO3S. The van der Waals surface area contributed by atoms with Crippen LogP contribution in [0.4, 0.5) is 0 Å². The minimum Gasteiger partial charge on any atom is -0.489 e. The van der Waals surface area contributed by atoms with Gasteiger partial charge in [-0.15, -0.1) is 0 Å². The zero-order valence-electron chi connectivity index (χ0n) is 12.3. The van der Waals surface area contributed by atoms with Crippen LogP contribution in [0.3, 0.4) is 0 Å². The lowest BCUT2D eigenvalue weighted by molar-refractivity contribution is 0.228. The highest BCUT2D eigenvalue weighted by Crippen LogP contribution is 2.21. The smallest absolute Gasteiger partial charge is 0.154 e. The largest absolute Gasteiger partial charge is 0.489 e. The minimum absolute atomic E-state index is 0.0659. The van der Waals surface area contributed by atoms with Gasteiger partial charge in [0, 0.05) is 12.1 Å². The first kappa shape index (κ1) is 15.3. The predicted octanol–water partition coefficient (Wildman–Crippen LogP) is 2.14. The highest BCUT2D eigenvalue weighted by molar-refractivity contribution is 7.91. The molecule has 0 spiro atoms. The van der Waals surface area contributed by atoms with Crippen LogP contribution in [-0.4, -0.2) is 31.6 Å². The molecule has 1 heterocycles. The molecule has 0 saturated carbocycles. The number of sulfone groups is 1. The van der Waals surface area contributed by atoms with Crippen LogP contribution < -0.4 is 10.1 Å². The molecule has 1 unspecified atom stereocenters. The molecule has 0 bridgehead atoms. The summed E-state index contributed by atoms with van der Waals surface area (Å²) >= 11 is 0. The van der Waals surface area contributed by atoms with E-state index in [4.69, 9.17) is 4.74 Å². The van der Waals surface area contributed by atoms with Crippen LogP contribution in [-0.2, 0) is 16.4 Å². The second kappa shape index (κ2) is 5.74. The Kier molecular flexibility index (Phi) is 4.39. The van der Waals surface area contributed by atoms with E-state index in [1.54, 1.807) is 0 Å². The number of nitrogens with one attached hydrogen (secondary N) is 1. The van der Waals surface area contributed by atoms with E-state index in [1.165, 1.54) is 0 Å². The van der Waals surface area contributed by atoms with E-state index < -0.39 is 9.84 Å². The van der Waals surface area contributed by atoms with E-state index >= 15 is 0 Å². The third-order valence-corrected chi connectivity index (χ3v) is 4.95. The summed E-state index contributed by atoms with van der Waals surface area (Å²) in [6.45, 7) is 7.13. The van der Waals surface area contributed by atoms with Gasteiger partial charge < -0.3 is 10.1 Å². The molecule has 0 aliphatic carbocycles. The van der Waals surface area contributed by atoms with Crippen molar-refractivity contribution in [3.8, 4) is 5.75 Å². The molecule has 1 aromatic rings. The fraction of sp³-hybridized carbons (Fsp3) is 0.600. The summed E-state index contributed by atoms with van der Waals surface area (Å²) in [7, 11) is -2.89. The van der Waals surface area contributed by atoms with Gasteiger partial charge in [-0.2, -0.15) is 0 Å². The van der Waals surface area contributed by atoms with Crippen molar-refractivity contribution in [2.24, 2.45) is 0 Å². The number of hydrogen-bond donors (Lipinski definition) is 1. The van der Waals surface area contributed by atoms with E-state index in [-0.39, 0.29) is 23.1 Å². The van der Waals surface area contributed by atoms with Crippen molar-refractivity contribution in [3.05, 3.63) is 29.8 Å². The molecule has 0 aromatic heterocycles. The van der Waals surface area contributed by atoms with Crippen molar-refractivity contribution in [1.82, 2.24) is 5.32 Å². The standard InChI is InChI=1S/C15H23NO3S/c1-15(2,3)16-10-12-5-4-6-13(9-12)19-14-7-8-20(17,18)11-14/h4-6,9,14,16H,7-8,10-11H2,1-3H3. The Labute approximate surface area is 121 Å². The molecule has 1 aliphatic heterocycles. The van der Waals surface area contributed by atoms with Crippen molar-refractivity contribution in [1.29, 1.82) is 0 Å². The molecule has 5 heteroatoms. The Morgan fingerprint density at radius 1 is 1.35 bits per heavy atom. The van der Waals surface area contributed by atoms with Gasteiger partial charge in [-0.25, -0.2) is 8.42 Å². The summed E-state index contributed by atoms with van der Waals surface area (Å²) in [5.41, 5.74) is 1.20. The van der Waals surface area contributed by atoms with Gasteiger partial charge in [-0.05, 0) is 44.9 Å². The third-order valence-electron chi connectivity index (χ3n) is 3.21. The van der Waals surface area contributed by atoms with Gasteiger partial charge in [0.05, 0.1) is 11.5 Å². The second-order valence-electron chi connectivity index (χ2n) is 6.39. The van der Waals surface area contributed by atoms with Crippen molar-refractivity contribution in [3.63, 3.8) is 0 Å². The van der Waals surface area contributed by atoms with E-state index in [2.05, 4.69) is 26.1 Å². The maximum atomic E-state index is 11.4. The highest BCUT2D eigenvalue weighted by atomic mass is 32.2. The maximum Gasteiger partial charge on any atom is 0.154 e. The van der Waals surface area contributed by atoms with Crippen LogP contribution in [0.15, 0.2) is 24.3 Å². The first-order valence-electron chi connectivity index (χ1n) is 6.95. The van der Waals surface area contributed by atoms with Crippen LogP contribution in [0, 0.1) is 0 Å². The average molecular weight is 297 g/mol. The Balaban J connectivity index is 1.96. The van der Waals surface area contributed by atoms with E-state index in [1.807, 2.05) is 24.3 Å². The Bertz CT molecular complexity index is 561. The number of rotatable bonds is 4. The molecule has 112 valence electrons. The molecule has 0 radical (unpaired) electrons. The molecule has 4 nitrogen and oxygen atoms in total. The molecule has 0 amide bonds.